The normalized spacial score (nSPS) is 21.3. The van der Waals surface area contributed by atoms with Crippen molar-refractivity contribution in [2.75, 3.05) is 39.3 Å². The van der Waals surface area contributed by atoms with Gasteiger partial charge in [-0.05, 0) is 24.3 Å². The van der Waals surface area contributed by atoms with Crippen LogP contribution in [0.4, 0.5) is 0 Å². The minimum Gasteiger partial charge on any atom is -0.351 e. The lowest BCUT2D eigenvalue weighted by atomic mass is 10.0. The van der Waals surface area contributed by atoms with Gasteiger partial charge in [0.25, 0.3) is 5.91 Å². The third-order valence-electron chi connectivity index (χ3n) is 4.69. The maximum atomic E-state index is 12.4. The fourth-order valence-corrected chi connectivity index (χ4v) is 4.02. The quantitative estimate of drug-likeness (QED) is 0.787. The van der Waals surface area contributed by atoms with Gasteiger partial charge in [-0.1, -0.05) is 6.07 Å². The first-order valence-electron chi connectivity index (χ1n) is 8.75. The number of piperazine rings is 1. The van der Waals surface area contributed by atoms with Gasteiger partial charge in [0.15, 0.2) is 0 Å². The van der Waals surface area contributed by atoms with Crippen molar-refractivity contribution >= 4 is 29.1 Å². The predicted molar refractivity (Wildman–Crippen MR) is 95.5 cm³/mol. The highest BCUT2D eigenvalue weighted by molar-refractivity contribution is 7.12. The Kier molecular flexibility index (Phi) is 6.04. The summed E-state index contributed by atoms with van der Waals surface area (Å²) in [4.78, 5) is 40.8. The summed E-state index contributed by atoms with van der Waals surface area (Å²) >= 11 is 1.38. The van der Waals surface area contributed by atoms with Crippen molar-refractivity contribution in [3.8, 4) is 0 Å². The molecule has 1 atom stereocenters. The Balaban J connectivity index is 1.45. The molecule has 0 spiro atoms. The molecule has 25 heavy (non-hydrogen) atoms. The Morgan fingerprint density at radius 1 is 1.36 bits per heavy atom. The number of piperidine rings is 1. The van der Waals surface area contributed by atoms with Gasteiger partial charge in [0.1, 0.15) is 0 Å². The van der Waals surface area contributed by atoms with E-state index in [2.05, 4.69) is 10.6 Å². The fourth-order valence-electron chi connectivity index (χ4n) is 3.38. The Morgan fingerprint density at radius 2 is 2.24 bits per heavy atom. The third kappa shape index (κ3) is 4.58. The highest BCUT2D eigenvalue weighted by Gasteiger charge is 2.31. The first-order chi connectivity index (χ1) is 12.1. The number of amides is 3. The maximum absolute atomic E-state index is 12.4. The number of rotatable bonds is 5. The summed E-state index contributed by atoms with van der Waals surface area (Å²) in [6.45, 7) is 3.58. The molecule has 1 unspecified atom stereocenters. The van der Waals surface area contributed by atoms with Crippen molar-refractivity contribution in [1.82, 2.24) is 20.4 Å². The Bertz CT molecular complexity index is 619. The largest absolute Gasteiger partial charge is 0.351 e. The van der Waals surface area contributed by atoms with Crippen LogP contribution in [0.25, 0.3) is 0 Å². The number of hydrogen-bond donors (Lipinski definition) is 2. The summed E-state index contributed by atoms with van der Waals surface area (Å²) < 4.78 is 0. The van der Waals surface area contributed by atoms with Gasteiger partial charge < -0.3 is 20.4 Å². The van der Waals surface area contributed by atoms with Gasteiger partial charge in [-0.25, -0.2) is 0 Å². The fraction of sp³-hybridized carbons (Fsp3) is 0.588. The monoisotopic (exact) mass is 364 g/mol. The molecule has 2 aliphatic rings. The van der Waals surface area contributed by atoms with Gasteiger partial charge in [0.2, 0.25) is 11.8 Å². The van der Waals surface area contributed by atoms with Crippen molar-refractivity contribution in [1.29, 1.82) is 0 Å². The van der Waals surface area contributed by atoms with Gasteiger partial charge in [0, 0.05) is 45.2 Å². The van der Waals surface area contributed by atoms with Crippen molar-refractivity contribution in [3.05, 3.63) is 22.4 Å². The van der Waals surface area contributed by atoms with Crippen molar-refractivity contribution in [2.45, 2.75) is 25.3 Å². The molecule has 3 amide bonds. The van der Waals surface area contributed by atoms with E-state index in [9.17, 15) is 14.4 Å². The lowest BCUT2D eigenvalue weighted by molar-refractivity contribution is -0.140. The zero-order valence-corrected chi connectivity index (χ0v) is 15.0. The second-order valence-corrected chi connectivity index (χ2v) is 7.33. The first-order valence-corrected chi connectivity index (χ1v) is 9.63. The predicted octanol–water partition coefficient (Wildman–Crippen LogP) is 0.291. The highest BCUT2D eigenvalue weighted by Crippen LogP contribution is 2.17. The standard InChI is InChI=1S/C17H24N4O3S/c22-15(5-6-19-17(24)14-4-2-10-25-14)20-8-1-3-13(12-20)21-9-7-18-11-16(21)23/h2,4,10,13,18H,1,3,5-9,11-12H2,(H,19,24). The van der Waals surface area contributed by atoms with Crippen LogP contribution >= 0.6 is 11.3 Å². The van der Waals surface area contributed by atoms with E-state index >= 15 is 0 Å². The van der Waals surface area contributed by atoms with Crippen LogP contribution in [0, 0.1) is 0 Å². The molecule has 136 valence electrons. The lowest BCUT2D eigenvalue weighted by Crippen LogP contribution is -2.57. The van der Waals surface area contributed by atoms with Gasteiger partial charge in [-0.2, -0.15) is 0 Å². The molecule has 2 N–H and O–H groups in total. The summed E-state index contributed by atoms with van der Waals surface area (Å²) in [7, 11) is 0. The number of nitrogens with zero attached hydrogens (tertiary/aromatic N) is 2. The van der Waals surface area contributed by atoms with Crippen molar-refractivity contribution in [3.63, 3.8) is 0 Å². The van der Waals surface area contributed by atoms with Gasteiger partial charge in [-0.15, -0.1) is 11.3 Å². The topological polar surface area (TPSA) is 81.8 Å². The van der Waals surface area contributed by atoms with Crippen LogP contribution in [-0.2, 0) is 9.59 Å². The van der Waals surface area contributed by atoms with E-state index in [4.69, 9.17) is 0 Å². The molecule has 1 aromatic heterocycles. The molecule has 2 fully saturated rings. The number of likely N-dealkylation sites (tertiary alicyclic amines) is 1. The Morgan fingerprint density at radius 3 is 3.00 bits per heavy atom. The number of carbonyl (C=O) groups excluding carboxylic acids is 3. The van der Waals surface area contributed by atoms with Crippen LogP contribution in [0.1, 0.15) is 28.9 Å². The van der Waals surface area contributed by atoms with Crippen molar-refractivity contribution < 1.29 is 14.4 Å². The zero-order valence-electron chi connectivity index (χ0n) is 14.2. The highest BCUT2D eigenvalue weighted by atomic mass is 32.1. The summed E-state index contributed by atoms with van der Waals surface area (Å²) in [5.41, 5.74) is 0. The molecule has 2 aliphatic heterocycles. The van der Waals surface area contributed by atoms with Crippen LogP contribution in [0.3, 0.4) is 0 Å². The average Bonchev–Trinajstić information content (AvgIpc) is 3.17. The minimum atomic E-state index is -0.134. The van der Waals surface area contributed by atoms with Crippen LogP contribution in [-0.4, -0.2) is 72.8 Å². The summed E-state index contributed by atoms with van der Waals surface area (Å²) in [6, 6.07) is 3.71. The van der Waals surface area contributed by atoms with E-state index in [1.807, 2.05) is 21.2 Å². The molecule has 1 aromatic rings. The van der Waals surface area contributed by atoms with E-state index in [-0.39, 0.29) is 23.8 Å². The van der Waals surface area contributed by atoms with E-state index in [1.165, 1.54) is 11.3 Å². The maximum Gasteiger partial charge on any atom is 0.261 e. The summed E-state index contributed by atoms with van der Waals surface area (Å²) in [6.07, 6.45) is 2.15. The number of hydrogen-bond acceptors (Lipinski definition) is 5. The smallest absolute Gasteiger partial charge is 0.261 e. The summed E-state index contributed by atoms with van der Waals surface area (Å²) in [5.74, 6) is 0.0262. The zero-order chi connectivity index (χ0) is 17.6. The Labute approximate surface area is 151 Å². The molecule has 0 bridgehead atoms. The van der Waals surface area contributed by atoms with Crippen LogP contribution in [0.5, 0.6) is 0 Å². The Hall–Kier alpha value is -1.93. The minimum absolute atomic E-state index is 0.0405. The molecule has 0 saturated carbocycles. The van der Waals surface area contributed by atoms with Crippen LogP contribution in [0.15, 0.2) is 17.5 Å². The van der Waals surface area contributed by atoms with E-state index < -0.39 is 0 Å². The average molecular weight is 364 g/mol. The van der Waals surface area contributed by atoms with Gasteiger partial charge in [-0.3, -0.25) is 14.4 Å². The molecule has 2 saturated heterocycles. The van der Waals surface area contributed by atoms with Gasteiger partial charge in [0.05, 0.1) is 11.4 Å². The second kappa shape index (κ2) is 8.44. The van der Waals surface area contributed by atoms with Crippen LogP contribution in [0.2, 0.25) is 0 Å². The number of nitrogens with one attached hydrogen (secondary N) is 2. The molecule has 0 aromatic carbocycles. The molecule has 3 rings (SSSR count). The SMILES string of the molecule is O=C(NCCC(=O)N1CCCC(N2CCNCC2=O)C1)c1cccs1. The van der Waals surface area contributed by atoms with Crippen LogP contribution < -0.4 is 10.6 Å². The van der Waals surface area contributed by atoms with E-state index in [0.717, 1.165) is 25.9 Å². The van der Waals surface area contributed by atoms with Gasteiger partial charge >= 0.3 is 0 Å². The van der Waals surface area contributed by atoms with Crippen molar-refractivity contribution in [2.24, 2.45) is 0 Å². The third-order valence-corrected chi connectivity index (χ3v) is 5.55. The molecular weight excluding hydrogens is 340 g/mol. The number of carbonyl (C=O) groups is 3. The summed E-state index contributed by atoms with van der Waals surface area (Å²) in [5, 5.41) is 7.72. The molecule has 0 radical (unpaired) electrons. The number of thiophene rings is 1. The first kappa shape index (κ1) is 17.9. The van der Waals surface area contributed by atoms with E-state index in [1.54, 1.807) is 6.07 Å². The molecular formula is C17H24N4O3S. The molecule has 3 heterocycles. The molecule has 7 nitrogen and oxygen atoms in total. The lowest BCUT2D eigenvalue weighted by Gasteiger charge is -2.41. The second-order valence-electron chi connectivity index (χ2n) is 6.38. The molecule has 8 heteroatoms. The molecule has 0 aliphatic carbocycles. The van der Waals surface area contributed by atoms with E-state index in [0.29, 0.717) is 37.5 Å².